The molecule has 2 aliphatic carbocycles. The second kappa shape index (κ2) is 17.7. The highest BCUT2D eigenvalue weighted by atomic mass is 17.0. The van der Waals surface area contributed by atoms with Gasteiger partial charge < -0.3 is 0 Å². The molecule has 0 N–H and O–H groups in total. The monoisotopic (exact) mass is 584 g/mol. The zero-order valence-corrected chi connectivity index (χ0v) is 26.6. The fourth-order valence-electron chi connectivity index (χ4n) is 5.45. The van der Waals surface area contributed by atoms with Crippen LogP contribution in [-0.2, 0) is 28.9 Å². The minimum atomic E-state index is -0.00718. The quantitative estimate of drug-likeness (QED) is 0.0820. The Labute approximate surface area is 251 Å². The minimum absolute atomic E-state index is 0.00718. The number of allylic oxidation sites excluding steroid dienone is 8. The van der Waals surface area contributed by atoms with Crippen LogP contribution in [0.4, 0.5) is 0 Å². The molecule has 0 aliphatic heterocycles. The van der Waals surface area contributed by atoms with E-state index in [0.717, 1.165) is 77.0 Å². The van der Waals surface area contributed by atoms with Gasteiger partial charge in [0.2, 0.25) is 0 Å². The van der Waals surface area contributed by atoms with Crippen LogP contribution in [0.1, 0.15) is 131 Å². The van der Waals surface area contributed by atoms with Crippen molar-refractivity contribution < 1.29 is 33.9 Å². The van der Waals surface area contributed by atoms with Crippen LogP contribution < -0.4 is 0 Å². The smallest absolute Gasteiger partial charge is 0.289 e. The first-order chi connectivity index (χ1) is 20.0. The van der Waals surface area contributed by atoms with E-state index in [2.05, 4.69) is 0 Å². The van der Waals surface area contributed by atoms with Crippen LogP contribution in [-0.4, -0.2) is 41.4 Å². The molecule has 8 heteroatoms. The zero-order valence-electron chi connectivity index (χ0n) is 26.6. The largest absolute Gasteiger partial charge is 0.477 e. The molecule has 0 unspecified atom stereocenters. The molecule has 2 rings (SSSR count). The Morgan fingerprint density at radius 3 is 1.05 bits per heavy atom. The number of ketones is 4. The lowest BCUT2D eigenvalue weighted by Crippen LogP contribution is -2.20. The highest BCUT2D eigenvalue weighted by molar-refractivity contribution is 6.25. The first kappa shape index (κ1) is 35.0. The summed E-state index contributed by atoms with van der Waals surface area (Å²) in [7, 11) is 0. The van der Waals surface area contributed by atoms with E-state index in [-0.39, 0.29) is 28.2 Å². The van der Waals surface area contributed by atoms with Crippen molar-refractivity contribution in [2.24, 2.45) is 0 Å². The molecule has 0 radical (unpaired) electrons. The Kier molecular flexibility index (Phi) is 14.8. The van der Waals surface area contributed by atoms with Gasteiger partial charge in [0.1, 0.15) is 4.91 Å². The summed E-state index contributed by atoms with van der Waals surface area (Å²) in [6.45, 7) is 11.0. The first-order valence-electron chi connectivity index (χ1n) is 15.6. The molecule has 0 amide bonds. The van der Waals surface area contributed by atoms with Crippen LogP contribution in [0, 0.1) is 4.91 Å². The summed E-state index contributed by atoms with van der Waals surface area (Å²) in [5, 5.41) is 0.216. The van der Waals surface area contributed by atoms with Crippen LogP contribution in [0.3, 0.4) is 0 Å². The number of Topliss-reactive ketones (excluding diaryl/α,β-unsaturated/α-hetero) is 4. The van der Waals surface area contributed by atoms with Crippen molar-refractivity contribution in [3.8, 4) is 0 Å². The van der Waals surface area contributed by atoms with Gasteiger partial charge in [0, 0.05) is 44.6 Å². The lowest BCUT2D eigenvalue weighted by Gasteiger charge is -2.18. The molecule has 0 fully saturated rings. The third-order valence-corrected chi connectivity index (χ3v) is 8.66. The van der Waals surface area contributed by atoms with Crippen molar-refractivity contribution in [1.82, 2.24) is 0 Å². The Bertz CT molecular complexity index is 1090. The number of hydrogen-bond donors (Lipinski definition) is 0. The molecule has 0 heterocycles. The standard InChI is InChI=1S/C34H50NO7/c1-23-25(3)33(38)29(27(5)31(23)36)19-15-11-7-9-13-17-21-41-35(40)42-22-18-14-10-8-12-16-20-30-28(6)32(37)24(2)26(4)34(30)39/h7-22H2,1-6H3/q+1. The molecular formula is C34H50NO7+. The van der Waals surface area contributed by atoms with E-state index in [9.17, 15) is 24.1 Å². The van der Waals surface area contributed by atoms with Crippen molar-refractivity contribution in [2.45, 2.75) is 131 Å². The number of carbonyl (C=O) groups excluding carboxylic acids is 4. The third kappa shape index (κ3) is 9.99. The van der Waals surface area contributed by atoms with Gasteiger partial charge >= 0.3 is 5.09 Å². The molecule has 0 spiro atoms. The second-order valence-corrected chi connectivity index (χ2v) is 11.7. The van der Waals surface area contributed by atoms with Crippen LogP contribution in [0.2, 0.25) is 0 Å². The molecule has 0 atom stereocenters. The third-order valence-electron chi connectivity index (χ3n) is 8.66. The summed E-state index contributed by atoms with van der Waals surface area (Å²) in [5.74, 6) is 0.0188. The molecule has 0 saturated heterocycles. The molecule has 42 heavy (non-hydrogen) atoms. The summed E-state index contributed by atoms with van der Waals surface area (Å²) in [6.07, 6.45) is 12.6. The van der Waals surface area contributed by atoms with Crippen molar-refractivity contribution >= 4 is 23.1 Å². The van der Waals surface area contributed by atoms with Crippen molar-refractivity contribution in [1.29, 1.82) is 0 Å². The highest BCUT2D eigenvalue weighted by Gasteiger charge is 2.28. The summed E-state index contributed by atoms with van der Waals surface area (Å²) >= 11 is 0. The van der Waals surface area contributed by atoms with Crippen LogP contribution >= 0.6 is 0 Å². The molecule has 0 aromatic carbocycles. The van der Waals surface area contributed by atoms with Crippen LogP contribution in [0.15, 0.2) is 44.6 Å². The fourth-order valence-corrected chi connectivity index (χ4v) is 5.45. The predicted octanol–water partition coefficient (Wildman–Crippen LogP) is 7.70. The van der Waals surface area contributed by atoms with Gasteiger partial charge in [-0.05, 0) is 92.9 Å². The normalized spacial score (nSPS) is 16.3. The lowest BCUT2D eigenvalue weighted by atomic mass is 9.84. The lowest BCUT2D eigenvalue weighted by molar-refractivity contribution is -0.981. The van der Waals surface area contributed by atoms with Gasteiger partial charge in [-0.15, -0.1) is 0 Å². The van der Waals surface area contributed by atoms with Gasteiger partial charge in [-0.1, -0.05) is 38.5 Å². The summed E-state index contributed by atoms with van der Waals surface area (Å²) in [5.41, 5.74) is 4.82. The SMILES string of the molecule is CC1=C(C)C(=O)C(CCCCCCCCO[N+](=O)OCCCCCCCCC2=C(C)C(=O)C(C)=C(C)C2=O)=C(C)C1=O. The maximum atomic E-state index is 12.5. The van der Waals surface area contributed by atoms with Gasteiger partial charge in [0.25, 0.3) is 0 Å². The number of carbonyl (C=O) groups is 4. The number of unbranched alkanes of at least 4 members (excludes halogenated alkanes) is 10. The van der Waals surface area contributed by atoms with Crippen LogP contribution in [0.25, 0.3) is 0 Å². The predicted molar refractivity (Wildman–Crippen MR) is 162 cm³/mol. The van der Waals surface area contributed by atoms with E-state index in [1.165, 1.54) is 0 Å². The number of rotatable bonds is 20. The minimum Gasteiger partial charge on any atom is -0.289 e. The number of hydrogen-bond acceptors (Lipinski definition) is 7. The van der Waals surface area contributed by atoms with Crippen molar-refractivity contribution in [3.63, 3.8) is 0 Å². The van der Waals surface area contributed by atoms with Gasteiger partial charge in [-0.25, -0.2) is 0 Å². The Balaban J connectivity index is 1.41. The average molecular weight is 585 g/mol. The van der Waals surface area contributed by atoms with E-state index in [4.69, 9.17) is 9.68 Å². The van der Waals surface area contributed by atoms with Gasteiger partial charge in [0.05, 0.1) is 0 Å². The maximum Gasteiger partial charge on any atom is 0.477 e. The molecular weight excluding hydrogens is 534 g/mol. The number of nitrogens with zero attached hydrogens (tertiary/aromatic N) is 1. The van der Waals surface area contributed by atoms with Crippen molar-refractivity contribution in [3.05, 3.63) is 49.5 Å². The van der Waals surface area contributed by atoms with E-state index in [0.29, 0.717) is 70.6 Å². The zero-order chi connectivity index (χ0) is 31.2. The highest BCUT2D eigenvalue weighted by Crippen LogP contribution is 2.29. The van der Waals surface area contributed by atoms with E-state index in [1.54, 1.807) is 41.5 Å². The van der Waals surface area contributed by atoms with E-state index in [1.807, 2.05) is 0 Å². The Morgan fingerprint density at radius 1 is 0.405 bits per heavy atom. The van der Waals surface area contributed by atoms with Crippen LogP contribution in [0.5, 0.6) is 0 Å². The maximum absolute atomic E-state index is 12.5. The molecule has 232 valence electrons. The summed E-state index contributed by atoms with van der Waals surface area (Å²) in [4.78, 5) is 71.3. The summed E-state index contributed by atoms with van der Waals surface area (Å²) < 4.78 is 0. The average Bonchev–Trinajstić information content (AvgIpc) is 2.98. The van der Waals surface area contributed by atoms with Gasteiger partial charge in [-0.3, -0.25) is 19.2 Å². The topological polar surface area (TPSA) is 107 Å². The Morgan fingerprint density at radius 2 is 0.690 bits per heavy atom. The molecule has 0 saturated carbocycles. The molecule has 0 aromatic rings. The molecule has 0 aromatic heterocycles. The molecule has 8 nitrogen and oxygen atoms in total. The Hall–Kier alpha value is -3.16. The summed E-state index contributed by atoms with van der Waals surface area (Å²) in [6, 6.07) is 0. The van der Waals surface area contributed by atoms with E-state index >= 15 is 0 Å². The van der Waals surface area contributed by atoms with Gasteiger partial charge in [-0.2, -0.15) is 9.68 Å². The van der Waals surface area contributed by atoms with Crippen molar-refractivity contribution in [2.75, 3.05) is 13.2 Å². The first-order valence-corrected chi connectivity index (χ1v) is 15.6. The fraction of sp³-hybridized carbons (Fsp3) is 0.647. The van der Waals surface area contributed by atoms with E-state index < -0.39 is 0 Å². The second-order valence-electron chi connectivity index (χ2n) is 11.7. The molecule has 2 aliphatic rings. The molecule has 0 bridgehead atoms. The van der Waals surface area contributed by atoms with Gasteiger partial charge in [0.15, 0.2) is 36.3 Å².